The second kappa shape index (κ2) is 4.24. The first-order valence-corrected chi connectivity index (χ1v) is 5.59. The van der Waals surface area contributed by atoms with E-state index in [1.165, 1.54) is 0 Å². The van der Waals surface area contributed by atoms with Crippen LogP contribution in [0, 0.1) is 0 Å². The summed E-state index contributed by atoms with van der Waals surface area (Å²) in [5.74, 6) is 1.01. The highest BCUT2D eigenvalue weighted by atomic mass is 16.6. The lowest BCUT2D eigenvalue weighted by molar-refractivity contribution is -0.160. The van der Waals surface area contributed by atoms with Gasteiger partial charge in [0.15, 0.2) is 11.6 Å². The van der Waals surface area contributed by atoms with E-state index in [1.54, 1.807) is 32.2 Å². The van der Waals surface area contributed by atoms with Crippen LogP contribution in [0.25, 0.3) is 0 Å². The first-order chi connectivity index (χ1) is 8.07. The number of likely N-dealkylation sites (N-methyl/N-ethyl adjacent to an activating group) is 1. The quantitative estimate of drug-likeness (QED) is 0.723. The molecule has 0 radical (unpaired) electrons. The summed E-state index contributed by atoms with van der Waals surface area (Å²) >= 11 is 0. The van der Waals surface area contributed by atoms with E-state index in [9.17, 15) is 4.79 Å². The van der Waals surface area contributed by atoms with Gasteiger partial charge in [-0.05, 0) is 26.0 Å². The number of aromatic nitrogens is 1. The van der Waals surface area contributed by atoms with Gasteiger partial charge < -0.3 is 14.4 Å². The first-order valence-electron chi connectivity index (χ1n) is 5.59. The minimum absolute atomic E-state index is 0.346. The Bertz CT molecular complexity index is 436. The Morgan fingerprint density at radius 2 is 2.47 bits per heavy atom. The molecule has 5 nitrogen and oxygen atoms in total. The predicted molar refractivity (Wildman–Crippen MR) is 63.2 cm³/mol. The Hall–Kier alpha value is -1.78. The number of hydrogen-bond donors (Lipinski definition) is 0. The molecule has 0 aliphatic carbocycles. The van der Waals surface area contributed by atoms with Crippen molar-refractivity contribution in [1.29, 1.82) is 0 Å². The van der Waals surface area contributed by atoms with Crippen molar-refractivity contribution in [1.82, 2.24) is 4.98 Å². The minimum Gasteiger partial charge on any atom is -0.470 e. The van der Waals surface area contributed by atoms with Crippen LogP contribution in [0.3, 0.4) is 0 Å². The summed E-state index contributed by atoms with van der Waals surface area (Å²) in [5.41, 5.74) is -0.971. The molecule has 0 unspecified atom stereocenters. The van der Waals surface area contributed by atoms with Gasteiger partial charge in [0.05, 0.1) is 13.2 Å². The number of fused-ring (bicyclic) bond motifs is 1. The van der Waals surface area contributed by atoms with Crippen molar-refractivity contribution in [2.24, 2.45) is 0 Å². The summed E-state index contributed by atoms with van der Waals surface area (Å²) in [5, 5.41) is 0. The molecule has 2 rings (SSSR count). The van der Waals surface area contributed by atoms with Crippen LogP contribution in [0.2, 0.25) is 0 Å². The number of carbonyl (C=O) groups is 1. The van der Waals surface area contributed by atoms with E-state index in [2.05, 4.69) is 4.98 Å². The zero-order chi connectivity index (χ0) is 12.5. The molecule has 2 heterocycles. The number of nitrogens with zero attached hydrogens (tertiary/aromatic N) is 2. The van der Waals surface area contributed by atoms with Crippen LogP contribution in [0.15, 0.2) is 18.3 Å². The second-order valence-corrected chi connectivity index (χ2v) is 4.23. The highest BCUT2D eigenvalue weighted by Crippen LogP contribution is 2.34. The van der Waals surface area contributed by atoms with E-state index >= 15 is 0 Å². The fourth-order valence-corrected chi connectivity index (χ4v) is 1.94. The first kappa shape index (κ1) is 11.7. The van der Waals surface area contributed by atoms with Crippen molar-refractivity contribution < 1.29 is 14.3 Å². The highest BCUT2D eigenvalue weighted by Gasteiger charge is 2.43. The Balaban J connectivity index is 2.29. The lowest BCUT2D eigenvalue weighted by Crippen LogP contribution is -2.54. The molecule has 17 heavy (non-hydrogen) atoms. The summed E-state index contributed by atoms with van der Waals surface area (Å²) in [6.45, 7) is 4.29. The van der Waals surface area contributed by atoms with E-state index in [1.807, 2.05) is 11.9 Å². The third-order valence-electron chi connectivity index (χ3n) is 2.69. The molecule has 0 spiro atoms. The summed E-state index contributed by atoms with van der Waals surface area (Å²) in [6, 6.07) is 3.58. The number of ether oxygens (including phenoxy) is 2. The van der Waals surface area contributed by atoms with Gasteiger partial charge >= 0.3 is 5.97 Å². The lowest BCUT2D eigenvalue weighted by Gasteiger charge is -2.38. The largest absolute Gasteiger partial charge is 0.470 e. The molecule has 5 heteroatoms. The van der Waals surface area contributed by atoms with Crippen LogP contribution in [-0.2, 0) is 9.53 Å². The fraction of sp³-hybridized carbons (Fsp3) is 0.500. The van der Waals surface area contributed by atoms with Crippen molar-refractivity contribution in [2.75, 3.05) is 25.1 Å². The summed E-state index contributed by atoms with van der Waals surface area (Å²) in [7, 11) is 1.88. The molecule has 1 aliphatic rings. The number of rotatable bonds is 2. The van der Waals surface area contributed by atoms with Crippen LogP contribution in [-0.4, -0.2) is 36.8 Å². The molecule has 92 valence electrons. The maximum absolute atomic E-state index is 11.9. The average molecular weight is 236 g/mol. The van der Waals surface area contributed by atoms with Gasteiger partial charge in [-0.25, -0.2) is 9.78 Å². The normalized spacial score (nSPS) is 22.6. The smallest absolute Gasteiger partial charge is 0.352 e. The van der Waals surface area contributed by atoms with Gasteiger partial charge in [0.1, 0.15) is 0 Å². The molecule has 0 amide bonds. The SMILES string of the molecule is CCOC(=O)[C@]1(C)CN(C)c2ncccc2O1. The van der Waals surface area contributed by atoms with Crippen molar-refractivity contribution >= 4 is 11.8 Å². The van der Waals surface area contributed by atoms with E-state index in [4.69, 9.17) is 9.47 Å². The molecule has 1 aromatic heterocycles. The minimum atomic E-state index is -0.971. The summed E-state index contributed by atoms with van der Waals surface area (Å²) in [6.07, 6.45) is 1.70. The molecule has 0 bridgehead atoms. The number of pyridine rings is 1. The predicted octanol–water partition coefficient (Wildman–Crippen LogP) is 1.23. The zero-order valence-electron chi connectivity index (χ0n) is 10.3. The maximum Gasteiger partial charge on any atom is 0.352 e. The van der Waals surface area contributed by atoms with Crippen molar-refractivity contribution in [3.05, 3.63) is 18.3 Å². The Morgan fingerprint density at radius 1 is 1.71 bits per heavy atom. The standard InChI is InChI=1S/C12H16N2O3/c1-4-16-11(15)12(2)8-14(3)10-9(17-12)6-5-7-13-10/h5-7H,4,8H2,1-3H3/t12-/m0/s1. The van der Waals surface area contributed by atoms with Crippen molar-refractivity contribution in [3.8, 4) is 5.75 Å². The van der Waals surface area contributed by atoms with Gasteiger partial charge in [0.25, 0.3) is 0 Å². The molecule has 1 aliphatic heterocycles. The van der Waals surface area contributed by atoms with Crippen LogP contribution in [0.5, 0.6) is 5.75 Å². The van der Waals surface area contributed by atoms with Crippen molar-refractivity contribution in [3.63, 3.8) is 0 Å². The van der Waals surface area contributed by atoms with Gasteiger partial charge in [0, 0.05) is 13.2 Å². The number of esters is 1. The van der Waals surface area contributed by atoms with E-state index < -0.39 is 5.60 Å². The summed E-state index contributed by atoms with van der Waals surface area (Å²) in [4.78, 5) is 18.0. The molecular weight excluding hydrogens is 220 g/mol. The Labute approximate surface area is 100 Å². The average Bonchev–Trinajstić information content (AvgIpc) is 2.29. The Morgan fingerprint density at radius 3 is 3.18 bits per heavy atom. The van der Waals surface area contributed by atoms with E-state index in [0.717, 1.165) is 5.82 Å². The van der Waals surface area contributed by atoms with Gasteiger partial charge in [0.2, 0.25) is 5.60 Å². The van der Waals surface area contributed by atoms with Gasteiger partial charge in [-0.15, -0.1) is 0 Å². The lowest BCUT2D eigenvalue weighted by atomic mass is 10.0. The maximum atomic E-state index is 11.9. The van der Waals surface area contributed by atoms with E-state index in [0.29, 0.717) is 18.9 Å². The molecule has 0 saturated carbocycles. The number of hydrogen-bond acceptors (Lipinski definition) is 5. The number of carbonyl (C=O) groups excluding carboxylic acids is 1. The third kappa shape index (κ3) is 2.05. The molecule has 1 atom stereocenters. The molecule has 0 saturated heterocycles. The molecule has 0 fully saturated rings. The van der Waals surface area contributed by atoms with Gasteiger partial charge in [-0.3, -0.25) is 0 Å². The number of anilines is 1. The summed E-state index contributed by atoms with van der Waals surface area (Å²) < 4.78 is 10.8. The zero-order valence-corrected chi connectivity index (χ0v) is 10.3. The fourth-order valence-electron chi connectivity index (χ4n) is 1.94. The second-order valence-electron chi connectivity index (χ2n) is 4.23. The topological polar surface area (TPSA) is 51.7 Å². The van der Waals surface area contributed by atoms with Crippen LogP contribution >= 0.6 is 0 Å². The molecular formula is C12H16N2O3. The van der Waals surface area contributed by atoms with Crippen LogP contribution < -0.4 is 9.64 Å². The monoisotopic (exact) mass is 236 g/mol. The van der Waals surface area contributed by atoms with Crippen LogP contribution in [0.4, 0.5) is 5.82 Å². The molecule has 1 aromatic rings. The van der Waals surface area contributed by atoms with Gasteiger partial charge in [-0.2, -0.15) is 0 Å². The molecule has 0 N–H and O–H groups in total. The van der Waals surface area contributed by atoms with Crippen LogP contribution in [0.1, 0.15) is 13.8 Å². The highest BCUT2D eigenvalue weighted by molar-refractivity contribution is 5.82. The van der Waals surface area contributed by atoms with Crippen molar-refractivity contribution in [2.45, 2.75) is 19.4 Å². The van der Waals surface area contributed by atoms with E-state index in [-0.39, 0.29) is 5.97 Å². The van der Waals surface area contributed by atoms with Gasteiger partial charge in [-0.1, -0.05) is 0 Å². The molecule has 0 aromatic carbocycles. The third-order valence-corrected chi connectivity index (χ3v) is 2.69. The Kier molecular flexibility index (Phi) is 2.92.